The second kappa shape index (κ2) is 9.38. The lowest BCUT2D eigenvalue weighted by molar-refractivity contribution is 0.532. The lowest BCUT2D eigenvalue weighted by atomic mass is 10.1. The van der Waals surface area contributed by atoms with Crippen LogP contribution in [0.3, 0.4) is 0 Å². The molecule has 1 nitrogen and oxygen atoms in total. The van der Waals surface area contributed by atoms with Crippen LogP contribution in [0.4, 0.5) is 4.39 Å². The van der Waals surface area contributed by atoms with E-state index in [1.165, 1.54) is 31.4 Å². The number of nitrogens with one attached hydrogen (secondary N) is 1. The van der Waals surface area contributed by atoms with Crippen LogP contribution in [0, 0.1) is 12.7 Å². The second-order valence-electron chi connectivity index (χ2n) is 5.09. The second-order valence-corrected chi connectivity index (χ2v) is 6.08. The van der Waals surface area contributed by atoms with Crippen LogP contribution in [0.15, 0.2) is 18.2 Å². The minimum absolute atomic E-state index is 0.108. The topological polar surface area (TPSA) is 12.0 Å². The van der Waals surface area contributed by atoms with Gasteiger partial charge in [0.25, 0.3) is 0 Å². The Bertz CT molecular complexity index is 368. The highest BCUT2D eigenvalue weighted by Gasteiger charge is 2.06. The smallest absolute Gasteiger partial charge is 0.126 e. The van der Waals surface area contributed by atoms with Gasteiger partial charge in [-0.3, -0.25) is 0 Å². The monoisotopic (exact) mass is 283 g/mol. The van der Waals surface area contributed by atoms with Crippen LogP contribution in [0.5, 0.6) is 0 Å². The van der Waals surface area contributed by atoms with Gasteiger partial charge in [-0.05, 0) is 62.4 Å². The van der Waals surface area contributed by atoms with Crippen LogP contribution in [0.25, 0.3) is 0 Å². The Hall–Kier alpha value is -0.540. The number of halogens is 1. The summed E-state index contributed by atoms with van der Waals surface area (Å²) in [6.45, 7) is 4.90. The molecular weight excluding hydrogens is 257 g/mol. The Labute approximate surface area is 121 Å². The highest BCUT2D eigenvalue weighted by molar-refractivity contribution is 7.98. The number of thioether (sulfide) groups is 1. The molecule has 1 aromatic carbocycles. The van der Waals surface area contributed by atoms with Gasteiger partial charge in [0, 0.05) is 6.04 Å². The van der Waals surface area contributed by atoms with Crippen molar-refractivity contribution in [1.29, 1.82) is 0 Å². The number of aryl methyl sites for hydroxylation is 1. The van der Waals surface area contributed by atoms with Crippen molar-refractivity contribution in [3.63, 3.8) is 0 Å². The average molecular weight is 283 g/mol. The van der Waals surface area contributed by atoms with Gasteiger partial charge in [0.15, 0.2) is 0 Å². The third-order valence-electron chi connectivity index (χ3n) is 3.42. The molecule has 3 heteroatoms. The molecule has 1 unspecified atom stereocenters. The number of hydrogen-bond donors (Lipinski definition) is 1. The lowest BCUT2D eigenvalue weighted by Crippen LogP contribution is -2.20. The highest BCUT2D eigenvalue weighted by atomic mass is 32.2. The van der Waals surface area contributed by atoms with Gasteiger partial charge in [-0.25, -0.2) is 4.39 Å². The van der Waals surface area contributed by atoms with E-state index in [1.54, 1.807) is 13.0 Å². The summed E-state index contributed by atoms with van der Waals surface area (Å²) < 4.78 is 13.5. The number of rotatable bonds is 9. The summed E-state index contributed by atoms with van der Waals surface area (Å²) in [6.07, 6.45) is 7.27. The molecule has 0 fully saturated rings. The molecule has 1 rings (SSSR count). The molecule has 0 heterocycles. The van der Waals surface area contributed by atoms with E-state index < -0.39 is 0 Å². The Kier molecular flexibility index (Phi) is 8.15. The summed E-state index contributed by atoms with van der Waals surface area (Å²) in [5.74, 6) is 1.16. The first-order chi connectivity index (χ1) is 9.15. The first-order valence-electron chi connectivity index (χ1n) is 7.13. The number of unbranched alkanes of at least 4 members (excludes halogenated alkanes) is 3. The van der Waals surface area contributed by atoms with Crippen molar-refractivity contribution in [2.75, 3.05) is 18.6 Å². The van der Waals surface area contributed by atoms with Crippen LogP contribution in [-0.2, 0) is 0 Å². The Morgan fingerprint density at radius 3 is 2.63 bits per heavy atom. The summed E-state index contributed by atoms with van der Waals surface area (Å²) in [5, 5.41) is 3.46. The Morgan fingerprint density at radius 1 is 1.21 bits per heavy atom. The van der Waals surface area contributed by atoms with E-state index in [2.05, 4.69) is 18.5 Å². The third-order valence-corrected chi connectivity index (χ3v) is 4.12. The molecular formula is C16H26FNS. The maximum atomic E-state index is 13.5. The molecule has 1 aromatic rings. The lowest BCUT2D eigenvalue weighted by Gasteiger charge is -2.14. The fourth-order valence-electron chi connectivity index (χ4n) is 2.04. The van der Waals surface area contributed by atoms with E-state index in [9.17, 15) is 4.39 Å². The summed E-state index contributed by atoms with van der Waals surface area (Å²) in [5.41, 5.74) is 1.75. The van der Waals surface area contributed by atoms with Crippen LogP contribution >= 0.6 is 11.8 Å². The largest absolute Gasteiger partial charge is 0.310 e. The molecule has 1 N–H and O–H groups in total. The van der Waals surface area contributed by atoms with E-state index in [0.29, 0.717) is 5.56 Å². The van der Waals surface area contributed by atoms with Gasteiger partial charge in [-0.1, -0.05) is 25.0 Å². The van der Waals surface area contributed by atoms with Gasteiger partial charge in [0.1, 0.15) is 5.82 Å². The van der Waals surface area contributed by atoms with E-state index in [4.69, 9.17) is 0 Å². The fraction of sp³-hybridized carbons (Fsp3) is 0.625. The quantitative estimate of drug-likeness (QED) is 0.659. The van der Waals surface area contributed by atoms with Crippen molar-refractivity contribution in [3.05, 3.63) is 35.1 Å². The standard InChI is InChI=1S/C16H26FNS/c1-13-8-9-15(12-16(13)17)14(2)18-10-6-4-5-7-11-19-3/h8-9,12,14,18H,4-7,10-11H2,1-3H3. The molecule has 19 heavy (non-hydrogen) atoms. The summed E-state index contributed by atoms with van der Waals surface area (Å²) >= 11 is 1.92. The van der Waals surface area contributed by atoms with E-state index >= 15 is 0 Å². The van der Waals surface area contributed by atoms with Crippen LogP contribution in [0.2, 0.25) is 0 Å². The summed E-state index contributed by atoms with van der Waals surface area (Å²) in [4.78, 5) is 0. The van der Waals surface area contributed by atoms with E-state index in [0.717, 1.165) is 12.1 Å². The molecule has 0 aliphatic carbocycles. The zero-order chi connectivity index (χ0) is 14.1. The van der Waals surface area contributed by atoms with Crippen LogP contribution in [0.1, 0.15) is 49.8 Å². The SMILES string of the molecule is CSCCCCCCNC(C)c1ccc(C)c(F)c1. The van der Waals surface area contributed by atoms with Gasteiger partial charge in [0.2, 0.25) is 0 Å². The normalized spacial score (nSPS) is 12.6. The molecule has 0 aliphatic heterocycles. The first kappa shape index (κ1) is 16.5. The zero-order valence-electron chi connectivity index (χ0n) is 12.3. The molecule has 0 spiro atoms. The minimum atomic E-state index is -0.108. The fourth-order valence-corrected chi connectivity index (χ4v) is 2.53. The van der Waals surface area contributed by atoms with Crippen molar-refractivity contribution in [2.45, 2.75) is 45.6 Å². The molecule has 0 saturated heterocycles. The highest BCUT2D eigenvalue weighted by Crippen LogP contribution is 2.16. The van der Waals surface area contributed by atoms with Crippen LogP contribution < -0.4 is 5.32 Å². The van der Waals surface area contributed by atoms with Crippen molar-refractivity contribution in [3.8, 4) is 0 Å². The Balaban J connectivity index is 2.20. The number of benzene rings is 1. The van der Waals surface area contributed by atoms with Gasteiger partial charge in [-0.2, -0.15) is 11.8 Å². The predicted octanol–water partition coefficient (Wildman–Crippen LogP) is 4.71. The zero-order valence-corrected chi connectivity index (χ0v) is 13.2. The van der Waals surface area contributed by atoms with Gasteiger partial charge in [-0.15, -0.1) is 0 Å². The molecule has 0 amide bonds. The Morgan fingerprint density at radius 2 is 1.95 bits per heavy atom. The maximum absolute atomic E-state index is 13.5. The summed E-state index contributed by atoms with van der Waals surface area (Å²) in [6, 6.07) is 5.73. The average Bonchev–Trinajstić information content (AvgIpc) is 2.40. The van der Waals surface area contributed by atoms with E-state index in [1.807, 2.05) is 23.9 Å². The maximum Gasteiger partial charge on any atom is 0.126 e. The van der Waals surface area contributed by atoms with Gasteiger partial charge >= 0.3 is 0 Å². The van der Waals surface area contributed by atoms with Crippen LogP contribution in [-0.4, -0.2) is 18.6 Å². The van der Waals surface area contributed by atoms with Crippen molar-refractivity contribution in [2.24, 2.45) is 0 Å². The summed E-state index contributed by atoms with van der Waals surface area (Å²) in [7, 11) is 0. The predicted molar refractivity (Wildman–Crippen MR) is 84.4 cm³/mol. The molecule has 0 radical (unpaired) electrons. The number of hydrogen-bond acceptors (Lipinski definition) is 2. The molecule has 0 bridgehead atoms. The molecule has 1 atom stereocenters. The van der Waals surface area contributed by atoms with Crippen molar-refractivity contribution >= 4 is 11.8 Å². The van der Waals surface area contributed by atoms with Crippen molar-refractivity contribution in [1.82, 2.24) is 5.32 Å². The first-order valence-corrected chi connectivity index (χ1v) is 8.53. The molecule has 0 saturated carbocycles. The van der Waals surface area contributed by atoms with Crippen molar-refractivity contribution < 1.29 is 4.39 Å². The molecule has 0 aromatic heterocycles. The van der Waals surface area contributed by atoms with E-state index in [-0.39, 0.29) is 11.9 Å². The minimum Gasteiger partial charge on any atom is -0.310 e. The van der Waals surface area contributed by atoms with Gasteiger partial charge < -0.3 is 5.32 Å². The molecule has 0 aliphatic rings. The van der Waals surface area contributed by atoms with Gasteiger partial charge in [0.05, 0.1) is 0 Å². The molecule has 108 valence electrons. The third kappa shape index (κ3) is 6.44.